The van der Waals surface area contributed by atoms with E-state index in [1.165, 1.54) is 32.1 Å². The predicted octanol–water partition coefficient (Wildman–Crippen LogP) is -9.88. The summed E-state index contributed by atoms with van der Waals surface area (Å²) < 4.78 is 2.53. The predicted molar refractivity (Wildman–Crippen MR) is 46.0 cm³/mol. The molecule has 0 radical (unpaired) electrons. The van der Waals surface area contributed by atoms with Gasteiger partial charge in [-0.1, -0.05) is 7.43 Å². The van der Waals surface area contributed by atoms with E-state index in [-0.39, 0.29) is 57.1 Å². The van der Waals surface area contributed by atoms with E-state index in [0.717, 1.165) is 5.52 Å². The molecule has 0 aliphatic rings. The summed E-state index contributed by atoms with van der Waals surface area (Å²) in [4.78, 5) is 4.37. The van der Waals surface area contributed by atoms with E-state index >= 15 is 0 Å². The molecule has 15 heavy (non-hydrogen) atoms. The Morgan fingerprint density at radius 3 is 2.07 bits per heavy atom. The number of hydrogen-bond acceptors (Lipinski definition) is 2. The molecule has 0 N–H and O–H groups in total. The van der Waals surface area contributed by atoms with E-state index in [4.69, 9.17) is 0 Å². The number of benzene rings is 1. The van der Waals surface area contributed by atoms with Gasteiger partial charge < -0.3 is 49.6 Å². The molecule has 83 valence electrons. The monoisotopic (exact) mass is 380 g/mol. The summed E-state index contributed by atoms with van der Waals surface area (Å²) in [5.41, 5.74) is 1.14. The number of thiazole rings is 1. The topological polar surface area (TPSA) is 12.9 Å². The molecule has 1 aromatic carbocycles. The first-order chi connectivity index (χ1) is 4.86. The Morgan fingerprint density at radius 2 is 1.53 bits per heavy atom. The third-order valence-corrected chi connectivity index (χ3v) is 3.17. The van der Waals surface area contributed by atoms with Gasteiger partial charge in [0, 0.05) is 0 Å². The van der Waals surface area contributed by atoms with Crippen molar-refractivity contribution < 1.29 is 74.3 Å². The van der Waals surface area contributed by atoms with E-state index in [1.54, 1.807) is 11.3 Å². The Morgan fingerprint density at radius 1 is 1.00 bits per heavy atom. The van der Waals surface area contributed by atoms with Crippen LogP contribution in [0.1, 0.15) is 7.43 Å². The van der Waals surface area contributed by atoms with Gasteiger partial charge in [0.25, 0.3) is 0 Å². The average Bonchev–Trinajstić information content (AvgIpc) is 2.27. The van der Waals surface area contributed by atoms with Crippen molar-refractivity contribution in [2.45, 2.75) is 7.43 Å². The molecule has 0 unspecified atom stereocenters. The van der Waals surface area contributed by atoms with Crippen LogP contribution < -0.4 is 52.3 Å². The summed E-state index contributed by atoms with van der Waals surface area (Å²) in [6.07, 6.45) is 0. The summed E-state index contributed by atoms with van der Waals surface area (Å²) in [6.45, 7) is 0. The van der Waals surface area contributed by atoms with Gasteiger partial charge in [-0.2, -0.15) is 0 Å². The summed E-state index contributed by atoms with van der Waals surface area (Å²) in [6, 6.07) is 8.24. The van der Waals surface area contributed by atoms with Crippen molar-refractivity contribution in [2.75, 3.05) is 0 Å². The molecule has 0 saturated carbocycles. The van der Waals surface area contributed by atoms with Gasteiger partial charge in [-0.3, -0.25) is 0 Å². The van der Waals surface area contributed by atoms with Gasteiger partial charge in [0.2, 0.25) is 0 Å². The number of fused-ring (bicyclic) bond motifs is 1. The van der Waals surface area contributed by atoms with Crippen LogP contribution in [0.5, 0.6) is 0 Å². The first-order valence-corrected chi connectivity index (χ1v) is 4.98. The molecule has 0 atom stereocenters. The number of aromatic nitrogens is 1. The third kappa shape index (κ3) is 6.45. The second kappa shape index (κ2) is 11.6. The summed E-state index contributed by atoms with van der Waals surface area (Å²) in [5, 5.41) is 0. The van der Waals surface area contributed by atoms with Gasteiger partial charge in [0.15, 0.2) is 0 Å². The van der Waals surface area contributed by atoms with Crippen LogP contribution in [0.25, 0.3) is 10.2 Å². The van der Waals surface area contributed by atoms with Gasteiger partial charge in [-0.05, 0) is 0 Å². The van der Waals surface area contributed by atoms with Crippen molar-refractivity contribution in [3.8, 4) is 0 Å². The van der Waals surface area contributed by atoms with E-state index in [1.807, 2.05) is 6.07 Å². The number of nitrogens with zero attached hydrogens (tertiary/aromatic N) is 1. The molecule has 0 bridgehead atoms. The Hall–Kier alpha value is 1.15. The number of para-hydroxylation sites is 1. The maximum absolute atomic E-state index is 4.37. The standard InChI is InChI=1S/C7H4NS.CH4.4ClH.Zr/c1-2-4-7-6(3-1)8-5-9-7;;;;;;/h1-4H;1H4;4*1H;/q;;;;;;+4/p-4. The van der Waals surface area contributed by atoms with E-state index in [9.17, 15) is 0 Å². The van der Waals surface area contributed by atoms with Crippen LogP contribution >= 0.6 is 11.3 Å². The SMILES string of the molecule is C.[Cl-].[Cl-].[Cl-].[Cl-].[Zr+4][c]1nc2ccccc2s1. The van der Waals surface area contributed by atoms with E-state index in [0.29, 0.717) is 0 Å². The minimum atomic E-state index is 0. The first-order valence-electron chi connectivity index (χ1n) is 2.93. The molecule has 1 aromatic heterocycles. The summed E-state index contributed by atoms with van der Waals surface area (Å²) in [7, 11) is 0. The number of halogens is 4. The Kier molecular flexibility index (Phi) is 19.5. The molecule has 2 aromatic rings. The molecule has 7 heteroatoms. The molecule has 2 rings (SSSR count). The molecule has 0 spiro atoms. The third-order valence-electron chi connectivity index (χ3n) is 1.29. The van der Waals surface area contributed by atoms with Crippen LogP contribution in [0.3, 0.4) is 0 Å². The summed E-state index contributed by atoms with van der Waals surface area (Å²) >= 11 is 3.19. The molecule has 1 nitrogen and oxygen atoms in total. The zero-order valence-electron chi connectivity index (χ0n) is 6.68. The number of hydrogen-bond donors (Lipinski definition) is 0. The van der Waals surface area contributed by atoms with Gasteiger partial charge in [0.05, 0.1) is 0 Å². The number of rotatable bonds is 0. The van der Waals surface area contributed by atoms with Crippen LogP contribution in [0.2, 0.25) is 0 Å². The maximum atomic E-state index is 4.37. The molecule has 0 saturated heterocycles. The van der Waals surface area contributed by atoms with Crippen LogP contribution in [0, 0.1) is 0 Å². The molecule has 0 fully saturated rings. The van der Waals surface area contributed by atoms with Crippen molar-refractivity contribution in [3.63, 3.8) is 0 Å². The molecule has 0 aliphatic heterocycles. The van der Waals surface area contributed by atoms with Gasteiger partial charge in [0.1, 0.15) is 0 Å². The average molecular weight is 383 g/mol. The van der Waals surface area contributed by atoms with Crippen molar-refractivity contribution >= 4 is 24.3 Å². The zero-order chi connectivity index (χ0) is 6.97. The van der Waals surface area contributed by atoms with Crippen molar-refractivity contribution in [3.05, 3.63) is 24.3 Å². The van der Waals surface area contributed by atoms with Gasteiger partial charge >= 0.3 is 78.2 Å². The Bertz CT molecular complexity index is 335. The fourth-order valence-corrected chi connectivity index (χ4v) is 2.70. The van der Waals surface area contributed by atoms with Crippen LogP contribution in [-0.2, 0) is 24.7 Å². The van der Waals surface area contributed by atoms with Crippen molar-refractivity contribution in [1.29, 1.82) is 0 Å². The zero-order valence-corrected chi connectivity index (χ0v) is 13.0. The van der Waals surface area contributed by atoms with Crippen molar-refractivity contribution in [2.24, 2.45) is 0 Å². The van der Waals surface area contributed by atoms with Crippen molar-refractivity contribution in [1.82, 2.24) is 4.98 Å². The van der Waals surface area contributed by atoms with Gasteiger partial charge in [-0.15, -0.1) is 0 Å². The quantitative estimate of drug-likeness (QED) is 0.441. The Labute approximate surface area is 134 Å². The van der Waals surface area contributed by atoms with Crippen LogP contribution in [0.15, 0.2) is 24.3 Å². The normalized spacial score (nSPS) is 7.07. The molecular formula is C8H8Cl4NSZr. The van der Waals surface area contributed by atoms with E-state index in [2.05, 4.69) is 23.2 Å². The second-order valence-corrected chi connectivity index (χ2v) is 5.07. The van der Waals surface area contributed by atoms with Crippen LogP contribution in [0.4, 0.5) is 0 Å². The summed E-state index contributed by atoms with van der Waals surface area (Å²) in [5.74, 6) is 0. The second-order valence-electron chi connectivity index (χ2n) is 1.99. The van der Waals surface area contributed by atoms with Crippen LogP contribution in [-0.4, -0.2) is 4.98 Å². The van der Waals surface area contributed by atoms with E-state index < -0.39 is 0 Å². The first kappa shape index (κ1) is 25.1. The molecule has 0 aliphatic carbocycles. The molecule has 0 amide bonds. The molecule has 1 heterocycles. The Balaban J connectivity index is -0.000000121. The molecular weight excluding hydrogens is 375 g/mol. The van der Waals surface area contributed by atoms with Gasteiger partial charge in [-0.25, -0.2) is 0 Å². The fourth-order valence-electron chi connectivity index (χ4n) is 0.872. The fraction of sp³-hybridized carbons (Fsp3) is 0.125. The minimum absolute atomic E-state index is 0.